The zero-order chi connectivity index (χ0) is 13.1. The third-order valence-corrected chi connectivity index (χ3v) is 2.71. The molecule has 92 valence electrons. The first-order valence-electron chi connectivity index (χ1n) is 5.29. The first-order valence-corrected chi connectivity index (χ1v) is 5.67. The fourth-order valence-corrected chi connectivity index (χ4v) is 1.74. The monoisotopic (exact) mass is 262 g/mol. The standard InChI is InChI=1S/C13H11ClN2O2/c1-8-4-3-5-9(6-8)12-15-7-10(11(14)16-12)13(17)18-2/h3-7H,1-2H3. The Labute approximate surface area is 110 Å². The molecule has 0 fully saturated rings. The highest BCUT2D eigenvalue weighted by atomic mass is 35.5. The number of carbonyl (C=O) groups excluding carboxylic acids is 1. The van der Waals surface area contributed by atoms with Gasteiger partial charge in [-0.25, -0.2) is 14.8 Å². The molecule has 0 radical (unpaired) electrons. The quantitative estimate of drug-likeness (QED) is 0.617. The van der Waals surface area contributed by atoms with Gasteiger partial charge in [0.15, 0.2) is 5.82 Å². The Morgan fingerprint density at radius 2 is 2.17 bits per heavy atom. The summed E-state index contributed by atoms with van der Waals surface area (Å²) in [4.78, 5) is 19.6. The molecule has 18 heavy (non-hydrogen) atoms. The van der Waals surface area contributed by atoms with Crippen LogP contribution < -0.4 is 0 Å². The normalized spacial score (nSPS) is 10.2. The molecule has 0 aliphatic carbocycles. The van der Waals surface area contributed by atoms with Crippen molar-refractivity contribution in [3.05, 3.63) is 46.7 Å². The second-order valence-corrected chi connectivity index (χ2v) is 4.12. The van der Waals surface area contributed by atoms with Gasteiger partial charge in [0.05, 0.1) is 7.11 Å². The molecule has 0 unspecified atom stereocenters. The summed E-state index contributed by atoms with van der Waals surface area (Å²) in [6.07, 6.45) is 1.37. The smallest absolute Gasteiger partial charge is 0.342 e. The molecule has 0 N–H and O–H groups in total. The van der Waals surface area contributed by atoms with Gasteiger partial charge in [-0.05, 0) is 13.0 Å². The average Bonchev–Trinajstić information content (AvgIpc) is 2.37. The highest BCUT2D eigenvalue weighted by Crippen LogP contribution is 2.20. The molecule has 5 heteroatoms. The molecule has 0 bridgehead atoms. The van der Waals surface area contributed by atoms with Gasteiger partial charge in [0.2, 0.25) is 0 Å². The van der Waals surface area contributed by atoms with E-state index in [0.29, 0.717) is 5.82 Å². The number of esters is 1. The molecule has 2 aromatic rings. The highest BCUT2D eigenvalue weighted by molar-refractivity contribution is 6.32. The number of ether oxygens (including phenoxy) is 1. The predicted octanol–water partition coefficient (Wildman–Crippen LogP) is 2.89. The van der Waals surface area contributed by atoms with E-state index in [1.165, 1.54) is 13.3 Å². The van der Waals surface area contributed by atoms with E-state index in [4.69, 9.17) is 11.6 Å². The first kappa shape index (κ1) is 12.5. The van der Waals surface area contributed by atoms with Crippen LogP contribution in [0.15, 0.2) is 30.5 Å². The van der Waals surface area contributed by atoms with Crippen LogP contribution in [-0.2, 0) is 4.74 Å². The topological polar surface area (TPSA) is 52.1 Å². The van der Waals surface area contributed by atoms with E-state index in [0.717, 1.165) is 11.1 Å². The lowest BCUT2D eigenvalue weighted by atomic mass is 10.1. The number of aromatic nitrogens is 2. The van der Waals surface area contributed by atoms with Gasteiger partial charge >= 0.3 is 5.97 Å². The van der Waals surface area contributed by atoms with Crippen LogP contribution in [-0.4, -0.2) is 23.0 Å². The fraction of sp³-hybridized carbons (Fsp3) is 0.154. The number of halogens is 1. The minimum Gasteiger partial charge on any atom is -0.465 e. The van der Waals surface area contributed by atoms with Gasteiger partial charge in [-0.15, -0.1) is 0 Å². The van der Waals surface area contributed by atoms with Crippen LogP contribution in [0.5, 0.6) is 0 Å². The third kappa shape index (κ3) is 2.49. The zero-order valence-corrected chi connectivity index (χ0v) is 10.7. The molecule has 1 aromatic heterocycles. The van der Waals surface area contributed by atoms with Gasteiger partial charge < -0.3 is 4.74 Å². The molecule has 0 spiro atoms. The molecule has 2 rings (SSSR count). The molecule has 4 nitrogen and oxygen atoms in total. The second-order valence-electron chi connectivity index (χ2n) is 3.76. The van der Waals surface area contributed by atoms with Crippen molar-refractivity contribution in [1.82, 2.24) is 9.97 Å². The molecule has 0 aliphatic heterocycles. The number of rotatable bonds is 2. The van der Waals surface area contributed by atoms with Crippen molar-refractivity contribution in [2.24, 2.45) is 0 Å². The number of carbonyl (C=O) groups is 1. The summed E-state index contributed by atoms with van der Waals surface area (Å²) in [5.41, 5.74) is 2.12. The van der Waals surface area contributed by atoms with Crippen molar-refractivity contribution in [3.63, 3.8) is 0 Å². The maximum Gasteiger partial charge on any atom is 0.342 e. The summed E-state index contributed by atoms with van der Waals surface area (Å²) in [5.74, 6) is -0.0628. The molecule has 0 aliphatic rings. The maximum atomic E-state index is 11.3. The molecule has 0 saturated heterocycles. The Bertz CT molecular complexity index is 599. The van der Waals surface area contributed by atoms with Crippen LogP contribution in [0.1, 0.15) is 15.9 Å². The summed E-state index contributed by atoms with van der Waals surface area (Å²) in [6.45, 7) is 1.98. The van der Waals surface area contributed by atoms with E-state index in [9.17, 15) is 4.79 Å². The zero-order valence-electron chi connectivity index (χ0n) is 9.98. The van der Waals surface area contributed by atoms with Gasteiger partial charge in [0.25, 0.3) is 0 Å². The summed E-state index contributed by atoms with van der Waals surface area (Å²) in [7, 11) is 1.28. The van der Waals surface area contributed by atoms with Crippen molar-refractivity contribution in [2.45, 2.75) is 6.92 Å². The molecule has 1 aromatic carbocycles. The lowest BCUT2D eigenvalue weighted by molar-refractivity contribution is 0.0600. The van der Waals surface area contributed by atoms with E-state index in [-0.39, 0.29) is 10.7 Å². The van der Waals surface area contributed by atoms with Crippen molar-refractivity contribution in [1.29, 1.82) is 0 Å². The van der Waals surface area contributed by atoms with Gasteiger partial charge in [0.1, 0.15) is 10.7 Å². The van der Waals surface area contributed by atoms with Crippen LogP contribution in [0.3, 0.4) is 0 Å². The van der Waals surface area contributed by atoms with Crippen LogP contribution in [0.2, 0.25) is 5.15 Å². The van der Waals surface area contributed by atoms with E-state index in [1.54, 1.807) is 0 Å². The Morgan fingerprint density at radius 1 is 1.39 bits per heavy atom. The van der Waals surface area contributed by atoms with Crippen molar-refractivity contribution in [2.75, 3.05) is 7.11 Å². The number of methoxy groups -OCH3 is 1. The van der Waals surface area contributed by atoms with E-state index in [2.05, 4.69) is 14.7 Å². The molecular weight excluding hydrogens is 252 g/mol. The number of benzene rings is 1. The largest absolute Gasteiger partial charge is 0.465 e. The molecule has 0 atom stereocenters. The Balaban J connectivity index is 2.43. The Morgan fingerprint density at radius 3 is 2.78 bits per heavy atom. The second kappa shape index (κ2) is 5.14. The number of aryl methyl sites for hydroxylation is 1. The van der Waals surface area contributed by atoms with Crippen LogP contribution in [0.25, 0.3) is 11.4 Å². The Kier molecular flexibility index (Phi) is 3.58. The van der Waals surface area contributed by atoms with Crippen LogP contribution in [0, 0.1) is 6.92 Å². The third-order valence-electron chi connectivity index (χ3n) is 2.42. The summed E-state index contributed by atoms with van der Waals surface area (Å²) in [6, 6.07) is 7.73. The van der Waals surface area contributed by atoms with Crippen LogP contribution >= 0.6 is 11.6 Å². The lowest BCUT2D eigenvalue weighted by Gasteiger charge is -2.04. The van der Waals surface area contributed by atoms with Gasteiger partial charge in [-0.2, -0.15) is 0 Å². The molecule has 0 saturated carbocycles. The summed E-state index contributed by atoms with van der Waals surface area (Å²) >= 11 is 5.94. The summed E-state index contributed by atoms with van der Waals surface area (Å²) < 4.78 is 4.58. The summed E-state index contributed by atoms with van der Waals surface area (Å²) in [5, 5.41) is 0.0911. The van der Waals surface area contributed by atoms with Gasteiger partial charge in [-0.3, -0.25) is 0 Å². The van der Waals surface area contributed by atoms with Gasteiger partial charge in [-0.1, -0.05) is 35.4 Å². The minimum absolute atomic E-state index is 0.0911. The molecule has 0 amide bonds. The highest BCUT2D eigenvalue weighted by Gasteiger charge is 2.14. The molecule has 1 heterocycles. The van der Waals surface area contributed by atoms with Crippen molar-refractivity contribution >= 4 is 17.6 Å². The Hall–Kier alpha value is -1.94. The SMILES string of the molecule is COC(=O)c1cnc(-c2cccc(C)c2)nc1Cl. The number of nitrogens with zero attached hydrogens (tertiary/aromatic N) is 2. The van der Waals surface area contributed by atoms with Crippen LogP contribution in [0.4, 0.5) is 0 Å². The van der Waals surface area contributed by atoms with Gasteiger partial charge in [0, 0.05) is 11.8 Å². The molecular formula is C13H11ClN2O2. The fourth-order valence-electron chi connectivity index (χ4n) is 1.53. The number of hydrogen-bond donors (Lipinski definition) is 0. The van der Waals surface area contributed by atoms with Crippen molar-refractivity contribution in [3.8, 4) is 11.4 Å². The average molecular weight is 263 g/mol. The number of hydrogen-bond acceptors (Lipinski definition) is 4. The van der Waals surface area contributed by atoms with E-state index in [1.807, 2.05) is 31.2 Å². The minimum atomic E-state index is -0.546. The van der Waals surface area contributed by atoms with E-state index < -0.39 is 5.97 Å². The first-order chi connectivity index (χ1) is 8.61. The maximum absolute atomic E-state index is 11.3. The lowest BCUT2D eigenvalue weighted by Crippen LogP contribution is -2.05. The van der Waals surface area contributed by atoms with Crippen molar-refractivity contribution < 1.29 is 9.53 Å². The predicted molar refractivity (Wildman–Crippen MR) is 68.6 cm³/mol. The van der Waals surface area contributed by atoms with E-state index >= 15 is 0 Å².